The number of amidine groups is 1. The highest BCUT2D eigenvalue weighted by Gasteiger charge is 2.16. The Morgan fingerprint density at radius 2 is 2.28 bits per heavy atom. The van der Waals surface area contributed by atoms with Crippen LogP contribution in [0.4, 0.5) is 0 Å². The third kappa shape index (κ3) is 6.28. The average molecular weight is 271 g/mol. The summed E-state index contributed by atoms with van der Waals surface area (Å²) in [7, 11) is 0. The van der Waals surface area contributed by atoms with Gasteiger partial charge in [-0.1, -0.05) is 18.7 Å². The number of rotatable bonds is 4. The van der Waals surface area contributed by atoms with Crippen LogP contribution < -0.4 is 10.6 Å². The lowest BCUT2D eigenvalue weighted by Crippen LogP contribution is -2.41. The predicted molar refractivity (Wildman–Crippen MR) is 79.1 cm³/mol. The quantitative estimate of drug-likeness (QED) is 0.824. The van der Waals surface area contributed by atoms with Gasteiger partial charge in [0.1, 0.15) is 0 Å². The van der Waals surface area contributed by atoms with E-state index in [0.29, 0.717) is 19.0 Å². The van der Waals surface area contributed by atoms with E-state index in [1.54, 1.807) is 11.8 Å². The molecular weight excluding hydrogens is 246 g/mol. The molecule has 1 unspecified atom stereocenters. The van der Waals surface area contributed by atoms with Gasteiger partial charge in [-0.15, -0.1) is 0 Å². The van der Waals surface area contributed by atoms with Crippen LogP contribution >= 0.6 is 11.8 Å². The fraction of sp³-hybridized carbons (Fsp3) is 0.846. The van der Waals surface area contributed by atoms with Crippen molar-refractivity contribution in [1.82, 2.24) is 10.6 Å². The first-order valence-electron chi connectivity index (χ1n) is 6.65. The van der Waals surface area contributed by atoms with Crippen LogP contribution in [0.1, 0.15) is 47.0 Å². The first-order chi connectivity index (χ1) is 8.40. The van der Waals surface area contributed by atoms with Crippen molar-refractivity contribution in [2.75, 3.05) is 12.3 Å². The highest BCUT2D eigenvalue weighted by molar-refractivity contribution is 8.13. The van der Waals surface area contributed by atoms with E-state index < -0.39 is 0 Å². The summed E-state index contributed by atoms with van der Waals surface area (Å²) in [4.78, 5) is 16.1. The lowest BCUT2D eigenvalue weighted by atomic mass is 10.1. The van der Waals surface area contributed by atoms with E-state index in [-0.39, 0.29) is 11.4 Å². The molecule has 5 heteroatoms. The van der Waals surface area contributed by atoms with Crippen molar-refractivity contribution in [3.05, 3.63) is 0 Å². The van der Waals surface area contributed by atoms with Crippen LogP contribution in [0, 0.1) is 0 Å². The van der Waals surface area contributed by atoms with Gasteiger partial charge in [0, 0.05) is 23.8 Å². The van der Waals surface area contributed by atoms with Gasteiger partial charge in [0.25, 0.3) is 0 Å². The average Bonchev–Trinajstić information content (AvgIpc) is 2.27. The highest BCUT2D eigenvalue weighted by atomic mass is 32.2. The minimum absolute atomic E-state index is 0.0692. The van der Waals surface area contributed by atoms with Gasteiger partial charge in [-0.05, 0) is 33.6 Å². The van der Waals surface area contributed by atoms with E-state index in [1.807, 2.05) is 20.8 Å². The summed E-state index contributed by atoms with van der Waals surface area (Å²) >= 11 is 1.75. The summed E-state index contributed by atoms with van der Waals surface area (Å²) in [5, 5.41) is 7.34. The molecule has 1 heterocycles. The van der Waals surface area contributed by atoms with E-state index in [0.717, 1.165) is 17.3 Å². The Labute approximate surface area is 114 Å². The molecule has 0 aromatic heterocycles. The Balaban J connectivity index is 2.29. The van der Waals surface area contributed by atoms with Gasteiger partial charge in [-0.3, -0.25) is 9.79 Å². The molecule has 1 saturated heterocycles. The molecule has 1 aliphatic heterocycles. The second kappa shape index (κ2) is 7.02. The number of amides is 1. The molecule has 0 saturated carbocycles. The maximum Gasteiger partial charge on any atom is 0.222 e. The van der Waals surface area contributed by atoms with Crippen LogP contribution in [-0.2, 0) is 4.79 Å². The van der Waals surface area contributed by atoms with Crippen LogP contribution in [0.2, 0.25) is 0 Å². The van der Waals surface area contributed by atoms with E-state index in [9.17, 15) is 4.79 Å². The normalized spacial score (nSPS) is 22.7. The zero-order valence-electron chi connectivity index (χ0n) is 11.9. The van der Waals surface area contributed by atoms with Gasteiger partial charge in [0.05, 0.1) is 6.54 Å². The highest BCUT2D eigenvalue weighted by Crippen LogP contribution is 2.15. The fourth-order valence-corrected chi connectivity index (χ4v) is 2.75. The summed E-state index contributed by atoms with van der Waals surface area (Å²) in [6.07, 6.45) is 2.79. The number of nitrogens with one attached hydrogen (secondary N) is 2. The van der Waals surface area contributed by atoms with Crippen LogP contribution in [0.3, 0.4) is 0 Å². The SMILES string of the molecule is CCC1CCSC(=NCCC(=O)NC(C)(C)C)N1. The van der Waals surface area contributed by atoms with Gasteiger partial charge >= 0.3 is 0 Å². The number of hydrogen-bond donors (Lipinski definition) is 2. The molecule has 1 aliphatic rings. The molecule has 2 N–H and O–H groups in total. The first-order valence-corrected chi connectivity index (χ1v) is 7.64. The summed E-state index contributed by atoms with van der Waals surface area (Å²) in [5.41, 5.74) is -0.157. The third-order valence-electron chi connectivity index (χ3n) is 2.63. The van der Waals surface area contributed by atoms with Crippen molar-refractivity contribution >= 4 is 22.8 Å². The molecule has 0 radical (unpaired) electrons. The minimum atomic E-state index is -0.157. The van der Waals surface area contributed by atoms with Gasteiger partial charge in [0.15, 0.2) is 5.17 Å². The number of carbonyl (C=O) groups is 1. The Morgan fingerprint density at radius 1 is 1.56 bits per heavy atom. The van der Waals surface area contributed by atoms with Crippen molar-refractivity contribution in [2.45, 2.75) is 58.5 Å². The third-order valence-corrected chi connectivity index (χ3v) is 3.59. The summed E-state index contributed by atoms with van der Waals surface area (Å²) in [5.74, 6) is 1.19. The van der Waals surface area contributed by atoms with Crippen molar-refractivity contribution in [3.8, 4) is 0 Å². The lowest BCUT2D eigenvalue weighted by molar-refractivity contribution is -0.122. The first kappa shape index (κ1) is 15.3. The fourth-order valence-electron chi connectivity index (χ4n) is 1.72. The number of thioether (sulfide) groups is 1. The molecule has 0 aromatic rings. The number of aliphatic imine (C=N–C) groups is 1. The zero-order valence-corrected chi connectivity index (χ0v) is 12.7. The van der Waals surface area contributed by atoms with Crippen molar-refractivity contribution in [3.63, 3.8) is 0 Å². The van der Waals surface area contributed by atoms with Gasteiger partial charge < -0.3 is 10.6 Å². The molecule has 4 nitrogen and oxygen atoms in total. The van der Waals surface area contributed by atoms with Gasteiger partial charge in [0.2, 0.25) is 5.91 Å². The Hall–Kier alpha value is -0.710. The van der Waals surface area contributed by atoms with E-state index in [4.69, 9.17) is 0 Å². The Kier molecular flexibility index (Phi) is 5.99. The molecule has 1 fully saturated rings. The van der Waals surface area contributed by atoms with E-state index >= 15 is 0 Å². The molecule has 1 rings (SSSR count). The van der Waals surface area contributed by atoms with Crippen molar-refractivity contribution in [2.24, 2.45) is 4.99 Å². The maximum absolute atomic E-state index is 11.6. The number of nitrogens with zero attached hydrogens (tertiary/aromatic N) is 1. The van der Waals surface area contributed by atoms with Gasteiger partial charge in [-0.25, -0.2) is 0 Å². The molecule has 18 heavy (non-hydrogen) atoms. The lowest BCUT2D eigenvalue weighted by Gasteiger charge is -2.24. The second-order valence-electron chi connectivity index (χ2n) is 5.62. The molecule has 1 amide bonds. The Morgan fingerprint density at radius 3 is 2.89 bits per heavy atom. The minimum Gasteiger partial charge on any atom is -0.362 e. The molecule has 1 atom stereocenters. The molecule has 104 valence electrons. The smallest absolute Gasteiger partial charge is 0.222 e. The van der Waals surface area contributed by atoms with Gasteiger partial charge in [-0.2, -0.15) is 0 Å². The number of carbonyl (C=O) groups excluding carboxylic acids is 1. The summed E-state index contributed by atoms with van der Waals surface area (Å²) in [6, 6.07) is 0.549. The zero-order chi connectivity index (χ0) is 13.6. The second-order valence-corrected chi connectivity index (χ2v) is 6.71. The van der Waals surface area contributed by atoms with E-state index in [1.165, 1.54) is 6.42 Å². The molecule has 0 spiro atoms. The van der Waals surface area contributed by atoms with Crippen LogP contribution in [0.15, 0.2) is 4.99 Å². The molecular formula is C13H25N3OS. The predicted octanol–water partition coefficient (Wildman–Crippen LogP) is 2.15. The monoisotopic (exact) mass is 271 g/mol. The van der Waals surface area contributed by atoms with Crippen LogP contribution in [-0.4, -0.2) is 35.0 Å². The van der Waals surface area contributed by atoms with Crippen LogP contribution in [0.5, 0.6) is 0 Å². The van der Waals surface area contributed by atoms with Crippen molar-refractivity contribution in [1.29, 1.82) is 0 Å². The molecule has 0 bridgehead atoms. The van der Waals surface area contributed by atoms with E-state index in [2.05, 4.69) is 22.5 Å². The number of hydrogen-bond acceptors (Lipinski definition) is 3. The Bertz CT molecular complexity index is 310. The van der Waals surface area contributed by atoms with Crippen molar-refractivity contribution < 1.29 is 4.79 Å². The summed E-state index contributed by atoms with van der Waals surface area (Å²) < 4.78 is 0. The molecule has 0 aromatic carbocycles. The van der Waals surface area contributed by atoms with Crippen LogP contribution in [0.25, 0.3) is 0 Å². The topological polar surface area (TPSA) is 53.5 Å². The largest absolute Gasteiger partial charge is 0.362 e. The maximum atomic E-state index is 11.6. The summed E-state index contributed by atoms with van der Waals surface area (Å²) in [6.45, 7) is 8.71. The standard InChI is InChI=1S/C13H25N3OS/c1-5-10-7-9-18-12(15-10)14-8-6-11(17)16-13(2,3)4/h10H,5-9H2,1-4H3,(H,14,15)(H,16,17). The molecule has 0 aliphatic carbocycles.